The lowest BCUT2D eigenvalue weighted by Crippen LogP contribution is -2.30. The first-order valence-corrected chi connectivity index (χ1v) is 7.10. The summed E-state index contributed by atoms with van der Waals surface area (Å²) in [6.45, 7) is 0. The minimum atomic E-state index is -0.00296. The number of nitrogens with one attached hydrogen (secondary N) is 1. The Bertz CT molecular complexity index is 514. The molecule has 0 saturated carbocycles. The number of pyridine rings is 1. The number of hydrazine groups is 1. The van der Waals surface area contributed by atoms with Crippen molar-refractivity contribution in [2.75, 3.05) is 0 Å². The van der Waals surface area contributed by atoms with E-state index in [1.807, 2.05) is 30.3 Å². The smallest absolute Gasteiger partial charge is 0.0672 e. The van der Waals surface area contributed by atoms with E-state index in [4.69, 9.17) is 5.84 Å². The van der Waals surface area contributed by atoms with Crippen molar-refractivity contribution in [1.29, 1.82) is 0 Å². The summed E-state index contributed by atoms with van der Waals surface area (Å²) in [7, 11) is 0. The molecule has 1 atom stereocenters. The topological polar surface area (TPSA) is 50.9 Å². The zero-order chi connectivity index (χ0) is 13.0. The van der Waals surface area contributed by atoms with Gasteiger partial charge in [0.05, 0.1) is 11.7 Å². The highest BCUT2D eigenvalue weighted by Gasteiger charge is 2.13. The van der Waals surface area contributed by atoms with Gasteiger partial charge in [-0.2, -0.15) is 0 Å². The number of hydrogen-bond donors (Lipinski definition) is 2. The van der Waals surface area contributed by atoms with Gasteiger partial charge in [0.2, 0.25) is 0 Å². The maximum atomic E-state index is 5.62. The molecule has 0 fully saturated rings. The number of nitrogens with two attached hydrogens (primary N) is 1. The molecule has 5 heteroatoms. The summed E-state index contributed by atoms with van der Waals surface area (Å²) in [6.07, 6.45) is 2.56. The Morgan fingerprint density at radius 2 is 1.94 bits per heavy atom. The van der Waals surface area contributed by atoms with Crippen LogP contribution in [0.3, 0.4) is 0 Å². The summed E-state index contributed by atoms with van der Waals surface area (Å²) in [5.74, 6) is 5.62. The fraction of sp³-hybridized carbons (Fsp3) is 0.154. The van der Waals surface area contributed by atoms with Crippen LogP contribution in [0.15, 0.2) is 51.5 Å². The molecule has 0 aliphatic rings. The molecule has 0 spiro atoms. The molecule has 3 N–H and O–H groups in total. The van der Waals surface area contributed by atoms with Gasteiger partial charge >= 0.3 is 0 Å². The Kier molecular flexibility index (Phi) is 4.88. The van der Waals surface area contributed by atoms with Crippen LogP contribution in [0, 0.1) is 0 Å². The molecule has 0 aliphatic carbocycles. The van der Waals surface area contributed by atoms with Crippen molar-refractivity contribution in [2.24, 2.45) is 5.84 Å². The second-order valence-corrected chi connectivity index (χ2v) is 5.69. The van der Waals surface area contributed by atoms with E-state index in [1.54, 1.807) is 6.20 Å². The lowest BCUT2D eigenvalue weighted by molar-refractivity contribution is 0.537. The molecule has 1 heterocycles. The molecule has 18 heavy (non-hydrogen) atoms. The fourth-order valence-corrected chi connectivity index (χ4v) is 2.41. The van der Waals surface area contributed by atoms with Gasteiger partial charge in [-0.3, -0.25) is 16.3 Å². The summed E-state index contributed by atoms with van der Waals surface area (Å²) in [5.41, 5.74) is 4.94. The Balaban J connectivity index is 2.20. The third-order valence-corrected chi connectivity index (χ3v) is 3.93. The second-order valence-electron chi connectivity index (χ2n) is 3.92. The van der Waals surface area contributed by atoms with Crippen molar-refractivity contribution in [3.8, 4) is 0 Å². The van der Waals surface area contributed by atoms with Gasteiger partial charge in [0, 0.05) is 15.1 Å². The van der Waals surface area contributed by atoms with E-state index >= 15 is 0 Å². The predicted molar refractivity (Wildman–Crippen MR) is 79.8 cm³/mol. The summed E-state index contributed by atoms with van der Waals surface area (Å²) < 4.78 is 2.05. The zero-order valence-corrected chi connectivity index (χ0v) is 12.8. The van der Waals surface area contributed by atoms with Gasteiger partial charge in [-0.25, -0.2) is 0 Å². The molecule has 0 aliphatic heterocycles. The van der Waals surface area contributed by atoms with Gasteiger partial charge < -0.3 is 0 Å². The Labute approximate surface area is 123 Å². The van der Waals surface area contributed by atoms with E-state index < -0.39 is 0 Å². The molecule has 94 valence electrons. The number of benzene rings is 1. The molecule has 0 saturated heterocycles. The van der Waals surface area contributed by atoms with E-state index in [0.29, 0.717) is 0 Å². The molecule has 0 amide bonds. The lowest BCUT2D eigenvalue weighted by Gasteiger charge is -2.16. The van der Waals surface area contributed by atoms with Crippen LogP contribution in [0.5, 0.6) is 0 Å². The van der Waals surface area contributed by atoms with Gasteiger partial charge in [-0.05, 0) is 46.1 Å². The third-order valence-electron chi connectivity index (χ3n) is 2.69. The van der Waals surface area contributed by atoms with Crippen molar-refractivity contribution in [3.63, 3.8) is 0 Å². The van der Waals surface area contributed by atoms with Crippen LogP contribution in [-0.4, -0.2) is 4.98 Å². The van der Waals surface area contributed by atoms with Crippen LogP contribution in [0.25, 0.3) is 0 Å². The number of hydrogen-bond acceptors (Lipinski definition) is 3. The maximum Gasteiger partial charge on any atom is 0.0672 e. The quantitative estimate of drug-likeness (QED) is 0.640. The van der Waals surface area contributed by atoms with Crippen molar-refractivity contribution < 1.29 is 0 Å². The van der Waals surface area contributed by atoms with E-state index in [0.717, 1.165) is 21.1 Å². The molecule has 2 rings (SSSR count). The molecule has 2 aromatic rings. The SMILES string of the molecule is NNC(Cc1ccccc1Br)c1ccc(Br)cn1. The molecule has 3 nitrogen and oxygen atoms in total. The van der Waals surface area contributed by atoms with Crippen LogP contribution >= 0.6 is 31.9 Å². The first-order chi connectivity index (χ1) is 8.70. The molecule has 1 unspecified atom stereocenters. The van der Waals surface area contributed by atoms with Crippen LogP contribution in [-0.2, 0) is 6.42 Å². The second kappa shape index (κ2) is 6.43. The van der Waals surface area contributed by atoms with E-state index in [9.17, 15) is 0 Å². The predicted octanol–water partition coefficient (Wildman–Crippen LogP) is 3.35. The lowest BCUT2D eigenvalue weighted by atomic mass is 10.0. The first kappa shape index (κ1) is 13.7. The molecular weight excluding hydrogens is 358 g/mol. The minimum absolute atomic E-state index is 0.00296. The molecular formula is C13H13Br2N3. The van der Waals surface area contributed by atoms with Crippen molar-refractivity contribution in [1.82, 2.24) is 10.4 Å². The summed E-state index contributed by atoms with van der Waals surface area (Å²) in [4.78, 5) is 4.37. The van der Waals surface area contributed by atoms with E-state index in [-0.39, 0.29) is 6.04 Å². The largest absolute Gasteiger partial charge is 0.271 e. The average Bonchev–Trinajstić information content (AvgIpc) is 2.39. The number of aromatic nitrogens is 1. The highest BCUT2D eigenvalue weighted by atomic mass is 79.9. The van der Waals surface area contributed by atoms with Gasteiger partial charge in [0.25, 0.3) is 0 Å². The highest BCUT2D eigenvalue weighted by Crippen LogP contribution is 2.23. The molecule has 1 aromatic carbocycles. The number of nitrogens with zero attached hydrogens (tertiary/aromatic N) is 1. The van der Waals surface area contributed by atoms with Crippen LogP contribution < -0.4 is 11.3 Å². The summed E-state index contributed by atoms with van der Waals surface area (Å²) in [5, 5.41) is 0. The van der Waals surface area contributed by atoms with Crippen LogP contribution in [0.2, 0.25) is 0 Å². The standard InChI is InChI=1S/C13H13Br2N3/c14-10-5-6-12(17-8-10)13(18-16)7-9-3-1-2-4-11(9)15/h1-6,8,13,18H,7,16H2. The molecule has 1 aromatic heterocycles. The van der Waals surface area contributed by atoms with Crippen LogP contribution in [0.1, 0.15) is 17.3 Å². The molecule has 0 radical (unpaired) electrons. The van der Waals surface area contributed by atoms with Gasteiger partial charge in [0.1, 0.15) is 0 Å². The Hall–Kier alpha value is -0.750. The van der Waals surface area contributed by atoms with Gasteiger partial charge in [0.15, 0.2) is 0 Å². The minimum Gasteiger partial charge on any atom is -0.271 e. The Morgan fingerprint density at radius 1 is 1.17 bits per heavy atom. The summed E-state index contributed by atoms with van der Waals surface area (Å²) >= 11 is 6.91. The summed E-state index contributed by atoms with van der Waals surface area (Å²) in [6, 6.07) is 12.0. The van der Waals surface area contributed by atoms with Gasteiger partial charge in [-0.15, -0.1) is 0 Å². The van der Waals surface area contributed by atoms with Crippen molar-refractivity contribution in [2.45, 2.75) is 12.5 Å². The molecule has 0 bridgehead atoms. The average molecular weight is 371 g/mol. The van der Waals surface area contributed by atoms with E-state index in [2.05, 4.69) is 48.3 Å². The van der Waals surface area contributed by atoms with E-state index in [1.165, 1.54) is 5.56 Å². The monoisotopic (exact) mass is 369 g/mol. The first-order valence-electron chi connectivity index (χ1n) is 5.51. The maximum absolute atomic E-state index is 5.62. The third kappa shape index (κ3) is 3.38. The van der Waals surface area contributed by atoms with Gasteiger partial charge in [-0.1, -0.05) is 34.1 Å². The van der Waals surface area contributed by atoms with Crippen molar-refractivity contribution >= 4 is 31.9 Å². The highest BCUT2D eigenvalue weighted by molar-refractivity contribution is 9.10. The fourth-order valence-electron chi connectivity index (χ4n) is 1.73. The number of rotatable bonds is 4. The number of halogens is 2. The Morgan fingerprint density at radius 3 is 2.56 bits per heavy atom. The zero-order valence-electron chi connectivity index (χ0n) is 9.61. The van der Waals surface area contributed by atoms with Crippen LogP contribution in [0.4, 0.5) is 0 Å². The van der Waals surface area contributed by atoms with Crippen molar-refractivity contribution in [3.05, 3.63) is 62.8 Å². The normalized spacial score (nSPS) is 12.4.